The summed E-state index contributed by atoms with van der Waals surface area (Å²) in [6.07, 6.45) is 0.373. The van der Waals surface area contributed by atoms with Crippen molar-refractivity contribution in [1.29, 1.82) is 0 Å². The number of nitrogens with one attached hydrogen (secondary N) is 2. The van der Waals surface area contributed by atoms with Crippen molar-refractivity contribution >= 4 is 46.2 Å². The fourth-order valence-electron chi connectivity index (χ4n) is 4.57. The maximum Gasteiger partial charge on any atom is 0.326 e. The van der Waals surface area contributed by atoms with Gasteiger partial charge in [-0.15, -0.1) is 0 Å². The van der Waals surface area contributed by atoms with Crippen LogP contribution >= 0.6 is 0 Å². The highest BCUT2D eigenvalue weighted by Gasteiger charge is 2.40. The molecule has 2 aliphatic heterocycles. The number of fused-ring (bicyclic) bond motifs is 1. The predicted molar refractivity (Wildman–Crippen MR) is 138 cm³/mol. The summed E-state index contributed by atoms with van der Waals surface area (Å²) in [7, 11) is 3.08. The van der Waals surface area contributed by atoms with Gasteiger partial charge < -0.3 is 15.5 Å². The molecule has 37 heavy (non-hydrogen) atoms. The van der Waals surface area contributed by atoms with Gasteiger partial charge in [-0.25, -0.2) is 4.79 Å². The SMILES string of the molecule is CN1C(=O)C(Cc2ccc(NC(=C3C(=O)Nc4ccc([N+](=O)[O-])cc43)c3ccccc3)cc2)N(C)C1=O. The van der Waals surface area contributed by atoms with Crippen LogP contribution in [0.25, 0.3) is 11.3 Å². The van der Waals surface area contributed by atoms with E-state index in [0.29, 0.717) is 34.6 Å². The van der Waals surface area contributed by atoms with Crippen molar-refractivity contribution in [3.05, 3.63) is 99.6 Å². The van der Waals surface area contributed by atoms with E-state index in [1.165, 1.54) is 30.1 Å². The Balaban J connectivity index is 1.49. The Bertz CT molecular complexity index is 1470. The van der Waals surface area contributed by atoms with E-state index >= 15 is 0 Å². The Labute approximate surface area is 212 Å². The molecule has 3 aromatic rings. The fraction of sp³-hybridized carbons (Fsp3) is 0.148. The average Bonchev–Trinajstić information content (AvgIpc) is 3.32. The Kier molecular flexibility index (Phi) is 5.92. The van der Waals surface area contributed by atoms with Crippen molar-refractivity contribution in [3.8, 4) is 0 Å². The van der Waals surface area contributed by atoms with Gasteiger partial charge in [-0.05, 0) is 29.3 Å². The van der Waals surface area contributed by atoms with E-state index in [1.54, 1.807) is 7.05 Å². The van der Waals surface area contributed by atoms with Gasteiger partial charge in [0.15, 0.2) is 0 Å². The Hall–Kier alpha value is -4.99. The number of nitro groups is 1. The summed E-state index contributed by atoms with van der Waals surface area (Å²) in [6, 6.07) is 20.0. The van der Waals surface area contributed by atoms with Crippen LogP contribution in [0.4, 0.5) is 21.9 Å². The van der Waals surface area contributed by atoms with E-state index in [2.05, 4.69) is 10.6 Å². The van der Waals surface area contributed by atoms with Gasteiger partial charge in [0, 0.05) is 49.6 Å². The molecule has 0 saturated carbocycles. The molecule has 4 amide bonds. The van der Waals surface area contributed by atoms with Crippen LogP contribution in [0.5, 0.6) is 0 Å². The zero-order valence-corrected chi connectivity index (χ0v) is 20.1. The predicted octanol–water partition coefficient (Wildman–Crippen LogP) is 3.96. The Morgan fingerprint density at radius 3 is 2.32 bits per heavy atom. The molecule has 0 bridgehead atoms. The molecule has 1 unspecified atom stereocenters. The van der Waals surface area contributed by atoms with Gasteiger partial charge in [0.2, 0.25) is 0 Å². The number of non-ortho nitro benzene ring substituents is 1. The molecule has 10 nitrogen and oxygen atoms in total. The highest BCUT2D eigenvalue weighted by atomic mass is 16.6. The number of urea groups is 1. The molecule has 186 valence electrons. The highest BCUT2D eigenvalue weighted by molar-refractivity contribution is 6.37. The molecule has 5 rings (SSSR count). The summed E-state index contributed by atoms with van der Waals surface area (Å²) in [5, 5.41) is 17.5. The summed E-state index contributed by atoms with van der Waals surface area (Å²) >= 11 is 0. The summed E-state index contributed by atoms with van der Waals surface area (Å²) < 4.78 is 0. The summed E-state index contributed by atoms with van der Waals surface area (Å²) in [5.74, 6) is -0.610. The normalized spacial score (nSPS) is 18.1. The number of hydrogen-bond donors (Lipinski definition) is 2. The summed E-state index contributed by atoms with van der Waals surface area (Å²) in [4.78, 5) is 50.9. The van der Waals surface area contributed by atoms with Crippen LogP contribution in [-0.4, -0.2) is 52.7 Å². The molecule has 1 saturated heterocycles. The molecule has 2 aliphatic rings. The summed E-state index contributed by atoms with van der Waals surface area (Å²) in [5.41, 5.74) is 3.92. The topological polar surface area (TPSA) is 125 Å². The highest BCUT2D eigenvalue weighted by Crippen LogP contribution is 2.39. The van der Waals surface area contributed by atoms with Crippen molar-refractivity contribution in [3.63, 3.8) is 0 Å². The second kappa shape index (κ2) is 9.23. The van der Waals surface area contributed by atoms with E-state index in [1.807, 2.05) is 54.6 Å². The smallest absolute Gasteiger partial charge is 0.326 e. The van der Waals surface area contributed by atoms with Crippen molar-refractivity contribution in [1.82, 2.24) is 9.80 Å². The number of amides is 4. The van der Waals surface area contributed by atoms with E-state index in [-0.39, 0.29) is 23.5 Å². The molecule has 3 aromatic carbocycles. The number of carbonyl (C=O) groups is 3. The number of anilines is 2. The maximum atomic E-state index is 13.0. The largest absolute Gasteiger partial charge is 0.354 e. The first kappa shape index (κ1) is 23.7. The Morgan fingerprint density at radius 1 is 1.00 bits per heavy atom. The quantitative estimate of drug-likeness (QED) is 0.230. The standard InChI is InChI=1S/C27H23N5O5/c1-30-22(26(34)31(2)27(30)35)14-16-8-10-18(11-9-16)28-24(17-6-4-3-5-7-17)23-20-15-19(32(36)37)12-13-21(20)29-25(23)33/h3-13,15,22,28H,14H2,1-2H3,(H,29,33). The van der Waals surface area contributed by atoms with Crippen LogP contribution in [0.15, 0.2) is 72.8 Å². The van der Waals surface area contributed by atoms with E-state index in [9.17, 15) is 24.5 Å². The number of nitrogens with zero attached hydrogens (tertiary/aromatic N) is 3. The molecule has 2 N–H and O–H groups in total. The first-order valence-corrected chi connectivity index (χ1v) is 11.5. The molecular formula is C27H23N5O5. The van der Waals surface area contributed by atoms with Crippen LogP contribution in [0.3, 0.4) is 0 Å². The van der Waals surface area contributed by atoms with Crippen molar-refractivity contribution in [2.45, 2.75) is 12.5 Å². The lowest BCUT2D eigenvalue weighted by Crippen LogP contribution is -2.33. The van der Waals surface area contributed by atoms with Crippen molar-refractivity contribution in [2.24, 2.45) is 0 Å². The van der Waals surface area contributed by atoms with Crippen molar-refractivity contribution < 1.29 is 19.3 Å². The van der Waals surface area contributed by atoms with E-state index in [0.717, 1.165) is 16.0 Å². The number of imide groups is 1. The molecule has 1 fully saturated rings. The molecule has 2 heterocycles. The maximum absolute atomic E-state index is 13.0. The van der Waals surface area contributed by atoms with Crippen LogP contribution in [0.1, 0.15) is 16.7 Å². The third-order valence-corrected chi connectivity index (χ3v) is 6.60. The average molecular weight is 498 g/mol. The third-order valence-electron chi connectivity index (χ3n) is 6.60. The van der Waals surface area contributed by atoms with Gasteiger partial charge in [-0.1, -0.05) is 42.5 Å². The van der Waals surface area contributed by atoms with Gasteiger partial charge in [-0.2, -0.15) is 0 Å². The molecule has 0 radical (unpaired) electrons. The van der Waals surface area contributed by atoms with Crippen LogP contribution in [-0.2, 0) is 16.0 Å². The third kappa shape index (κ3) is 4.29. The van der Waals surface area contributed by atoms with Gasteiger partial charge in [-0.3, -0.25) is 24.6 Å². The van der Waals surface area contributed by atoms with Gasteiger partial charge >= 0.3 is 6.03 Å². The van der Waals surface area contributed by atoms with Crippen molar-refractivity contribution in [2.75, 3.05) is 24.7 Å². The zero-order chi connectivity index (χ0) is 26.3. The first-order chi connectivity index (χ1) is 17.7. The minimum Gasteiger partial charge on any atom is -0.354 e. The molecule has 0 spiro atoms. The van der Waals surface area contributed by atoms with Crippen LogP contribution in [0.2, 0.25) is 0 Å². The second-order valence-electron chi connectivity index (χ2n) is 8.89. The first-order valence-electron chi connectivity index (χ1n) is 11.5. The number of rotatable bonds is 6. The van der Waals surface area contributed by atoms with Gasteiger partial charge in [0.25, 0.3) is 17.5 Å². The number of benzene rings is 3. The second-order valence-corrected chi connectivity index (χ2v) is 8.89. The molecule has 1 atom stereocenters. The molecule has 0 aliphatic carbocycles. The van der Waals surface area contributed by atoms with E-state index in [4.69, 9.17) is 0 Å². The van der Waals surface area contributed by atoms with E-state index < -0.39 is 11.0 Å². The lowest BCUT2D eigenvalue weighted by atomic mass is 9.99. The fourth-order valence-corrected chi connectivity index (χ4v) is 4.57. The molecule has 0 aromatic heterocycles. The van der Waals surface area contributed by atoms with Crippen LogP contribution < -0.4 is 10.6 Å². The minimum atomic E-state index is -0.562. The minimum absolute atomic E-state index is 0.111. The lowest BCUT2D eigenvalue weighted by Gasteiger charge is -2.17. The number of hydrogen-bond acceptors (Lipinski definition) is 6. The zero-order valence-electron chi connectivity index (χ0n) is 20.1. The number of nitro benzene ring substituents is 1. The lowest BCUT2D eigenvalue weighted by molar-refractivity contribution is -0.384. The summed E-state index contributed by atoms with van der Waals surface area (Å²) in [6.45, 7) is 0. The van der Waals surface area contributed by atoms with Gasteiger partial charge in [0.05, 0.1) is 16.2 Å². The van der Waals surface area contributed by atoms with Crippen LogP contribution in [0, 0.1) is 10.1 Å². The molecule has 10 heteroatoms. The monoisotopic (exact) mass is 497 g/mol. The number of carbonyl (C=O) groups excluding carboxylic acids is 3. The van der Waals surface area contributed by atoms with Gasteiger partial charge in [0.1, 0.15) is 6.04 Å². The Morgan fingerprint density at radius 2 is 1.70 bits per heavy atom. The number of likely N-dealkylation sites (N-methyl/N-ethyl adjacent to an activating group) is 2. The molecular weight excluding hydrogens is 474 g/mol.